The highest BCUT2D eigenvalue weighted by Gasteiger charge is 2.21. The normalized spacial score (nSPS) is 13.1. The standard InChI is InChI=1S/C16H25ClN2O/c1-16(2,3)11-14(19-15(20)5-4-10-18)12-6-8-13(17)9-7-12/h6-9,14H,4-5,10-11,18H2,1-3H3,(H,19,20). The van der Waals surface area contributed by atoms with E-state index < -0.39 is 0 Å². The van der Waals surface area contributed by atoms with Crippen molar-refractivity contribution in [3.05, 3.63) is 34.9 Å². The molecule has 0 radical (unpaired) electrons. The number of benzene rings is 1. The van der Waals surface area contributed by atoms with Crippen LogP contribution in [0.3, 0.4) is 0 Å². The quantitative estimate of drug-likeness (QED) is 0.841. The summed E-state index contributed by atoms with van der Waals surface area (Å²) in [5.41, 5.74) is 6.66. The van der Waals surface area contributed by atoms with Crippen LogP contribution in [-0.2, 0) is 4.79 Å². The van der Waals surface area contributed by atoms with Crippen molar-refractivity contribution < 1.29 is 4.79 Å². The molecule has 1 unspecified atom stereocenters. The van der Waals surface area contributed by atoms with Gasteiger partial charge in [0.1, 0.15) is 0 Å². The highest BCUT2D eigenvalue weighted by molar-refractivity contribution is 6.30. The van der Waals surface area contributed by atoms with Crippen LogP contribution in [0.1, 0.15) is 51.6 Å². The number of rotatable bonds is 6. The summed E-state index contributed by atoms with van der Waals surface area (Å²) < 4.78 is 0. The Labute approximate surface area is 126 Å². The first kappa shape index (κ1) is 17.0. The molecule has 0 saturated heterocycles. The lowest BCUT2D eigenvalue weighted by Crippen LogP contribution is -2.31. The van der Waals surface area contributed by atoms with Crippen LogP contribution in [0.2, 0.25) is 5.02 Å². The number of nitrogens with two attached hydrogens (primary N) is 1. The Morgan fingerprint density at radius 2 is 1.90 bits per heavy atom. The Hall–Kier alpha value is -1.06. The SMILES string of the molecule is CC(C)(C)CC(NC(=O)CCCN)c1ccc(Cl)cc1. The maximum absolute atomic E-state index is 11.9. The first-order valence-corrected chi connectivity index (χ1v) is 7.44. The van der Waals surface area contributed by atoms with Gasteiger partial charge in [-0.2, -0.15) is 0 Å². The van der Waals surface area contributed by atoms with Gasteiger partial charge in [0.2, 0.25) is 5.91 Å². The Kier molecular flexibility index (Phi) is 6.50. The van der Waals surface area contributed by atoms with Crippen LogP contribution in [-0.4, -0.2) is 12.5 Å². The highest BCUT2D eigenvalue weighted by Crippen LogP contribution is 2.30. The smallest absolute Gasteiger partial charge is 0.220 e. The largest absolute Gasteiger partial charge is 0.349 e. The lowest BCUT2D eigenvalue weighted by atomic mass is 9.85. The average molecular weight is 297 g/mol. The molecule has 0 fully saturated rings. The third-order valence-corrected chi connectivity index (χ3v) is 3.28. The Morgan fingerprint density at radius 3 is 2.40 bits per heavy atom. The van der Waals surface area contributed by atoms with Gasteiger partial charge in [-0.15, -0.1) is 0 Å². The number of carbonyl (C=O) groups is 1. The fourth-order valence-electron chi connectivity index (χ4n) is 2.09. The van der Waals surface area contributed by atoms with E-state index in [2.05, 4.69) is 26.1 Å². The van der Waals surface area contributed by atoms with Crippen molar-refractivity contribution in [2.24, 2.45) is 11.1 Å². The molecule has 0 bridgehead atoms. The number of amides is 1. The summed E-state index contributed by atoms with van der Waals surface area (Å²) in [5, 5.41) is 3.81. The molecule has 4 heteroatoms. The monoisotopic (exact) mass is 296 g/mol. The highest BCUT2D eigenvalue weighted by atomic mass is 35.5. The number of halogens is 1. The third kappa shape index (κ3) is 6.40. The zero-order chi connectivity index (χ0) is 15.2. The van der Waals surface area contributed by atoms with Crippen molar-refractivity contribution in [1.82, 2.24) is 5.32 Å². The van der Waals surface area contributed by atoms with Gasteiger partial charge in [-0.25, -0.2) is 0 Å². The Morgan fingerprint density at radius 1 is 1.30 bits per heavy atom. The van der Waals surface area contributed by atoms with Crippen LogP contribution in [0.4, 0.5) is 0 Å². The van der Waals surface area contributed by atoms with E-state index >= 15 is 0 Å². The fraction of sp³-hybridized carbons (Fsp3) is 0.562. The summed E-state index contributed by atoms with van der Waals surface area (Å²) in [6, 6.07) is 7.68. The van der Waals surface area contributed by atoms with Gasteiger partial charge in [0.25, 0.3) is 0 Å². The molecule has 1 aromatic carbocycles. The molecule has 1 amide bonds. The van der Waals surface area contributed by atoms with Gasteiger partial charge in [-0.1, -0.05) is 44.5 Å². The van der Waals surface area contributed by atoms with Gasteiger partial charge in [-0.3, -0.25) is 4.79 Å². The molecule has 0 aromatic heterocycles. The molecule has 1 rings (SSSR count). The van der Waals surface area contributed by atoms with E-state index in [0.717, 1.165) is 12.0 Å². The van der Waals surface area contributed by atoms with Crippen LogP contribution in [0.5, 0.6) is 0 Å². The number of hydrogen-bond donors (Lipinski definition) is 2. The molecule has 1 aromatic rings. The summed E-state index contributed by atoms with van der Waals surface area (Å²) in [6.45, 7) is 7.05. The molecule has 112 valence electrons. The number of carbonyl (C=O) groups excluding carboxylic acids is 1. The van der Waals surface area contributed by atoms with Crippen LogP contribution >= 0.6 is 11.6 Å². The van der Waals surface area contributed by atoms with Gasteiger partial charge < -0.3 is 11.1 Å². The molecule has 3 nitrogen and oxygen atoms in total. The van der Waals surface area contributed by atoms with Crippen molar-refractivity contribution in [2.45, 2.75) is 46.1 Å². The van der Waals surface area contributed by atoms with E-state index in [0.29, 0.717) is 24.4 Å². The molecule has 0 spiro atoms. The predicted molar refractivity (Wildman–Crippen MR) is 84.7 cm³/mol. The third-order valence-electron chi connectivity index (χ3n) is 3.03. The average Bonchev–Trinajstić information content (AvgIpc) is 2.35. The molecule has 0 heterocycles. The second-order valence-electron chi connectivity index (χ2n) is 6.33. The maximum Gasteiger partial charge on any atom is 0.220 e. The molecule has 1 atom stereocenters. The van der Waals surface area contributed by atoms with Crippen molar-refractivity contribution in [2.75, 3.05) is 6.54 Å². The summed E-state index contributed by atoms with van der Waals surface area (Å²) in [7, 11) is 0. The van der Waals surface area contributed by atoms with Crippen LogP contribution in [0, 0.1) is 5.41 Å². The van der Waals surface area contributed by atoms with Crippen LogP contribution in [0.15, 0.2) is 24.3 Å². The lowest BCUT2D eigenvalue weighted by Gasteiger charge is -2.27. The lowest BCUT2D eigenvalue weighted by molar-refractivity contribution is -0.122. The maximum atomic E-state index is 11.9. The fourth-order valence-corrected chi connectivity index (χ4v) is 2.21. The zero-order valence-electron chi connectivity index (χ0n) is 12.6. The number of nitrogens with one attached hydrogen (secondary N) is 1. The van der Waals surface area contributed by atoms with E-state index in [9.17, 15) is 4.79 Å². The molecule has 0 aliphatic heterocycles. The Bertz CT molecular complexity index is 423. The minimum atomic E-state index is 0.0116. The molecular weight excluding hydrogens is 272 g/mol. The van der Waals surface area contributed by atoms with Gasteiger partial charge in [0, 0.05) is 11.4 Å². The van der Waals surface area contributed by atoms with Gasteiger partial charge >= 0.3 is 0 Å². The number of hydrogen-bond acceptors (Lipinski definition) is 2. The molecule has 20 heavy (non-hydrogen) atoms. The van der Waals surface area contributed by atoms with E-state index in [4.69, 9.17) is 17.3 Å². The van der Waals surface area contributed by atoms with Crippen molar-refractivity contribution in [1.29, 1.82) is 0 Å². The minimum absolute atomic E-state index is 0.0116. The Balaban J connectivity index is 2.80. The first-order chi connectivity index (χ1) is 9.31. The minimum Gasteiger partial charge on any atom is -0.349 e. The van der Waals surface area contributed by atoms with E-state index in [1.54, 1.807) is 0 Å². The molecule has 0 aliphatic rings. The second kappa shape index (κ2) is 7.65. The van der Waals surface area contributed by atoms with Gasteiger partial charge in [0.05, 0.1) is 6.04 Å². The van der Waals surface area contributed by atoms with E-state index in [-0.39, 0.29) is 17.4 Å². The predicted octanol–water partition coefficient (Wildman–Crippen LogP) is 3.67. The van der Waals surface area contributed by atoms with Crippen molar-refractivity contribution in [3.8, 4) is 0 Å². The van der Waals surface area contributed by atoms with Crippen LogP contribution < -0.4 is 11.1 Å². The van der Waals surface area contributed by atoms with Gasteiger partial charge in [0.15, 0.2) is 0 Å². The second-order valence-corrected chi connectivity index (χ2v) is 6.77. The topological polar surface area (TPSA) is 55.1 Å². The van der Waals surface area contributed by atoms with Gasteiger partial charge in [-0.05, 0) is 42.5 Å². The summed E-state index contributed by atoms with van der Waals surface area (Å²) in [5.74, 6) is 0.0552. The molecular formula is C16H25ClN2O. The summed E-state index contributed by atoms with van der Waals surface area (Å²) in [4.78, 5) is 11.9. The van der Waals surface area contributed by atoms with E-state index in [1.807, 2.05) is 24.3 Å². The van der Waals surface area contributed by atoms with Crippen LogP contribution in [0.25, 0.3) is 0 Å². The molecule has 3 N–H and O–H groups in total. The zero-order valence-corrected chi connectivity index (χ0v) is 13.3. The summed E-state index contributed by atoms with van der Waals surface area (Å²) >= 11 is 5.92. The van der Waals surface area contributed by atoms with Crippen molar-refractivity contribution in [3.63, 3.8) is 0 Å². The summed E-state index contributed by atoms with van der Waals surface area (Å²) in [6.07, 6.45) is 2.07. The molecule has 0 aliphatic carbocycles. The molecule has 0 saturated carbocycles. The first-order valence-electron chi connectivity index (χ1n) is 7.07. The van der Waals surface area contributed by atoms with Crippen molar-refractivity contribution >= 4 is 17.5 Å². The van der Waals surface area contributed by atoms with E-state index in [1.165, 1.54) is 0 Å².